The molecule has 5 nitrogen and oxygen atoms in total. The van der Waals surface area contributed by atoms with Crippen LogP contribution in [0.15, 0.2) is 0 Å². The molecular weight excluding hydrogens is 731 g/mol. The molecule has 0 aromatic heterocycles. The second-order valence-corrected chi connectivity index (χ2v) is 20.0. The van der Waals surface area contributed by atoms with Crippen molar-refractivity contribution in [2.75, 3.05) is 98.7 Å². The Hall–Kier alpha value is -0.200. The first-order chi connectivity index (χ1) is 29.6. The Bertz CT molecular complexity index is 800. The number of nitrogens with zero attached hydrogens (tertiary/aromatic N) is 5. The first-order valence-electron chi connectivity index (χ1n) is 28.2. The van der Waals surface area contributed by atoms with Crippen LogP contribution in [0.1, 0.15) is 259 Å². The zero-order valence-electron chi connectivity index (χ0n) is 42.6. The number of hydrogen-bond donors (Lipinski definition) is 0. The van der Waals surface area contributed by atoms with Gasteiger partial charge in [-0.15, -0.1) is 0 Å². The van der Waals surface area contributed by atoms with Crippen LogP contribution in [0.4, 0.5) is 0 Å². The lowest BCUT2D eigenvalue weighted by atomic mass is 10.1. The zero-order chi connectivity index (χ0) is 43.2. The van der Waals surface area contributed by atoms with Gasteiger partial charge in [0, 0.05) is 65.4 Å². The average molecular weight is 847 g/mol. The first-order valence-corrected chi connectivity index (χ1v) is 28.2. The minimum Gasteiger partial charge on any atom is -0.305 e. The predicted molar refractivity (Wildman–Crippen MR) is 272 cm³/mol. The van der Waals surface area contributed by atoms with E-state index in [4.69, 9.17) is 0 Å². The van der Waals surface area contributed by atoms with Crippen LogP contribution >= 0.6 is 0 Å². The summed E-state index contributed by atoms with van der Waals surface area (Å²) in [5, 5.41) is 0. The van der Waals surface area contributed by atoms with Crippen LogP contribution in [0.2, 0.25) is 0 Å². The molecule has 1 aliphatic rings. The molecule has 1 saturated heterocycles. The number of hydrogen-bond acceptors (Lipinski definition) is 5. The van der Waals surface area contributed by atoms with E-state index in [2.05, 4.69) is 59.2 Å². The molecule has 0 N–H and O–H groups in total. The van der Waals surface area contributed by atoms with Crippen LogP contribution in [0, 0.1) is 0 Å². The molecule has 1 aliphatic heterocycles. The van der Waals surface area contributed by atoms with Gasteiger partial charge in [0.15, 0.2) is 0 Å². The lowest BCUT2D eigenvalue weighted by Gasteiger charge is -2.36. The summed E-state index contributed by atoms with van der Waals surface area (Å²) >= 11 is 0. The van der Waals surface area contributed by atoms with Crippen LogP contribution < -0.4 is 0 Å². The number of unbranched alkanes of at least 4 members (excludes halogenated alkanes) is 32. The predicted octanol–water partition coefficient (Wildman–Crippen LogP) is 15.3. The topological polar surface area (TPSA) is 16.2 Å². The molecule has 0 spiro atoms. The minimum atomic E-state index is 1.23. The van der Waals surface area contributed by atoms with Crippen molar-refractivity contribution >= 4 is 0 Å². The molecule has 0 amide bonds. The highest BCUT2D eigenvalue weighted by atomic mass is 15.3. The Morgan fingerprint density at radius 3 is 0.800 bits per heavy atom. The Morgan fingerprint density at radius 1 is 0.250 bits per heavy atom. The molecule has 0 saturated carbocycles. The van der Waals surface area contributed by atoms with E-state index in [1.807, 2.05) is 0 Å². The average Bonchev–Trinajstić information content (AvgIpc) is 3.26. The SMILES string of the molecule is CCCCCCCCCCCCCN(C)CCN1CCN(CCN(CCCCCCCCCCCC)CCN(CCCCCC)CCCCCCCCCCCCC)CC1. The molecule has 0 bridgehead atoms. The standard InChI is InChI=1S/C55H115N5/c1-6-10-14-18-21-24-27-29-32-35-38-42-56(5)46-47-59-52-54-60(55-53-59)51-50-58(45-41-37-34-30-26-23-20-16-12-8-3)49-48-57(43-39-17-13-9-4)44-40-36-33-31-28-25-22-19-15-11-7-2/h6-55H2,1-5H3. The minimum absolute atomic E-state index is 1.23. The highest BCUT2D eigenvalue weighted by Crippen LogP contribution is 2.15. The smallest absolute Gasteiger partial charge is 0.0110 e. The Morgan fingerprint density at radius 2 is 0.483 bits per heavy atom. The fourth-order valence-corrected chi connectivity index (χ4v) is 9.53. The number of rotatable bonds is 49. The van der Waals surface area contributed by atoms with Gasteiger partial charge in [-0.1, -0.05) is 233 Å². The van der Waals surface area contributed by atoms with Gasteiger partial charge in [0.25, 0.3) is 0 Å². The molecule has 0 atom stereocenters. The molecule has 1 rings (SSSR count). The largest absolute Gasteiger partial charge is 0.305 e. The lowest BCUT2D eigenvalue weighted by Crippen LogP contribution is -2.50. The lowest BCUT2D eigenvalue weighted by molar-refractivity contribution is 0.107. The summed E-state index contributed by atoms with van der Waals surface area (Å²) in [6.45, 7) is 27.2. The summed E-state index contributed by atoms with van der Waals surface area (Å²) in [5.74, 6) is 0. The maximum Gasteiger partial charge on any atom is 0.0110 e. The van der Waals surface area contributed by atoms with E-state index in [9.17, 15) is 0 Å². The van der Waals surface area contributed by atoms with Gasteiger partial charge < -0.3 is 14.7 Å². The van der Waals surface area contributed by atoms with Crippen LogP contribution in [-0.4, -0.2) is 123 Å². The van der Waals surface area contributed by atoms with Crippen LogP contribution in [0.5, 0.6) is 0 Å². The number of piperazine rings is 1. The van der Waals surface area contributed by atoms with Crippen molar-refractivity contribution in [3.8, 4) is 0 Å². The molecule has 0 unspecified atom stereocenters. The molecule has 360 valence electrons. The van der Waals surface area contributed by atoms with Gasteiger partial charge in [-0.05, 0) is 58.9 Å². The highest BCUT2D eigenvalue weighted by Gasteiger charge is 2.18. The van der Waals surface area contributed by atoms with Crippen LogP contribution in [0.3, 0.4) is 0 Å². The monoisotopic (exact) mass is 846 g/mol. The molecule has 5 heteroatoms. The van der Waals surface area contributed by atoms with Gasteiger partial charge in [0.05, 0.1) is 0 Å². The fraction of sp³-hybridized carbons (Fsp3) is 1.00. The molecule has 0 aliphatic carbocycles. The third-order valence-electron chi connectivity index (χ3n) is 14.1. The van der Waals surface area contributed by atoms with Gasteiger partial charge in [0.1, 0.15) is 0 Å². The van der Waals surface area contributed by atoms with Crippen molar-refractivity contribution in [2.24, 2.45) is 0 Å². The maximum atomic E-state index is 2.89. The summed E-state index contributed by atoms with van der Waals surface area (Å²) in [6.07, 6.45) is 51.6. The van der Waals surface area contributed by atoms with Gasteiger partial charge in [-0.2, -0.15) is 0 Å². The molecule has 60 heavy (non-hydrogen) atoms. The van der Waals surface area contributed by atoms with Gasteiger partial charge >= 0.3 is 0 Å². The summed E-state index contributed by atoms with van der Waals surface area (Å²) in [5.41, 5.74) is 0. The zero-order valence-corrected chi connectivity index (χ0v) is 42.6. The summed E-state index contributed by atoms with van der Waals surface area (Å²) < 4.78 is 0. The summed E-state index contributed by atoms with van der Waals surface area (Å²) in [4.78, 5) is 13.9. The molecular formula is C55H115N5. The van der Waals surface area contributed by atoms with Crippen LogP contribution in [0.25, 0.3) is 0 Å². The second-order valence-electron chi connectivity index (χ2n) is 20.0. The quantitative estimate of drug-likeness (QED) is 0.0566. The molecule has 0 aromatic rings. The summed E-state index contributed by atoms with van der Waals surface area (Å²) in [6, 6.07) is 0. The third kappa shape index (κ3) is 39.4. The third-order valence-corrected chi connectivity index (χ3v) is 14.1. The van der Waals surface area contributed by atoms with Crippen molar-refractivity contribution in [3.05, 3.63) is 0 Å². The van der Waals surface area contributed by atoms with Gasteiger partial charge in [-0.25, -0.2) is 0 Å². The second kappa shape index (κ2) is 46.8. The highest BCUT2D eigenvalue weighted by molar-refractivity contribution is 4.75. The maximum absolute atomic E-state index is 2.89. The normalized spacial score (nSPS) is 14.2. The Kier molecular flexibility index (Phi) is 45.1. The summed E-state index contributed by atoms with van der Waals surface area (Å²) in [7, 11) is 2.36. The van der Waals surface area contributed by atoms with Crippen LogP contribution in [-0.2, 0) is 0 Å². The van der Waals surface area contributed by atoms with E-state index in [1.54, 1.807) is 0 Å². The van der Waals surface area contributed by atoms with Crippen molar-refractivity contribution in [3.63, 3.8) is 0 Å². The van der Waals surface area contributed by atoms with Crippen molar-refractivity contribution < 1.29 is 0 Å². The van der Waals surface area contributed by atoms with Gasteiger partial charge in [-0.3, -0.25) is 9.80 Å². The molecule has 1 heterocycles. The van der Waals surface area contributed by atoms with E-state index in [1.165, 1.54) is 323 Å². The van der Waals surface area contributed by atoms with E-state index in [-0.39, 0.29) is 0 Å². The number of likely N-dealkylation sites (N-methyl/N-ethyl adjacent to an activating group) is 1. The van der Waals surface area contributed by atoms with Crippen molar-refractivity contribution in [1.82, 2.24) is 24.5 Å². The van der Waals surface area contributed by atoms with E-state index in [0.717, 1.165) is 0 Å². The fourth-order valence-electron chi connectivity index (χ4n) is 9.53. The molecule has 0 aromatic carbocycles. The van der Waals surface area contributed by atoms with Gasteiger partial charge in [0.2, 0.25) is 0 Å². The van der Waals surface area contributed by atoms with E-state index < -0.39 is 0 Å². The Balaban J connectivity index is 2.43. The van der Waals surface area contributed by atoms with E-state index in [0.29, 0.717) is 0 Å². The molecule has 1 fully saturated rings. The Labute approximate surface area is 380 Å². The van der Waals surface area contributed by atoms with Crippen molar-refractivity contribution in [2.45, 2.75) is 259 Å². The van der Waals surface area contributed by atoms with E-state index >= 15 is 0 Å². The first kappa shape index (κ1) is 57.8. The van der Waals surface area contributed by atoms with Crippen molar-refractivity contribution in [1.29, 1.82) is 0 Å². The molecule has 0 radical (unpaired) electrons.